The molecule has 3 rings (SSSR count). The zero-order valence-electron chi connectivity index (χ0n) is 13.6. The number of aromatic nitrogens is 3. The first-order chi connectivity index (χ1) is 11.5. The van der Waals surface area contributed by atoms with Gasteiger partial charge in [-0.15, -0.1) is 5.10 Å². The number of hydrogen-bond acceptors (Lipinski definition) is 4. The third kappa shape index (κ3) is 2.77. The van der Waals surface area contributed by atoms with Crippen molar-refractivity contribution in [1.29, 1.82) is 0 Å². The highest BCUT2D eigenvalue weighted by Crippen LogP contribution is 2.34. The van der Waals surface area contributed by atoms with E-state index in [1.807, 2.05) is 30.3 Å². The van der Waals surface area contributed by atoms with E-state index >= 15 is 0 Å². The van der Waals surface area contributed by atoms with Gasteiger partial charge >= 0.3 is 5.97 Å². The number of nitrogens with zero attached hydrogens (tertiary/aromatic N) is 4. The second kappa shape index (κ2) is 6.43. The summed E-state index contributed by atoms with van der Waals surface area (Å²) in [6.45, 7) is 0. The molecule has 1 amide bonds. The van der Waals surface area contributed by atoms with E-state index in [4.69, 9.17) is 0 Å². The molecule has 0 radical (unpaired) electrons. The number of carboxylic acids is 1. The Morgan fingerprint density at radius 1 is 1.17 bits per heavy atom. The van der Waals surface area contributed by atoms with Crippen molar-refractivity contribution in [3.63, 3.8) is 0 Å². The van der Waals surface area contributed by atoms with Gasteiger partial charge in [0.15, 0.2) is 5.69 Å². The van der Waals surface area contributed by atoms with E-state index in [0.717, 1.165) is 24.9 Å². The molecule has 24 heavy (non-hydrogen) atoms. The van der Waals surface area contributed by atoms with Crippen LogP contribution >= 0.6 is 0 Å². The monoisotopic (exact) mass is 328 g/mol. The van der Waals surface area contributed by atoms with Crippen LogP contribution in [0.5, 0.6) is 0 Å². The molecule has 0 bridgehead atoms. The number of aliphatic carboxylic acids is 1. The third-order valence-corrected chi connectivity index (χ3v) is 4.76. The van der Waals surface area contributed by atoms with Crippen molar-refractivity contribution in [2.24, 2.45) is 0 Å². The predicted octanol–water partition coefficient (Wildman–Crippen LogP) is 2.13. The number of likely N-dealkylation sites (N-methyl/N-ethyl adjacent to an activating group) is 1. The van der Waals surface area contributed by atoms with E-state index in [1.54, 1.807) is 7.05 Å². The second-order valence-electron chi connectivity index (χ2n) is 6.15. The van der Waals surface area contributed by atoms with Crippen LogP contribution in [0.15, 0.2) is 36.5 Å². The van der Waals surface area contributed by atoms with Crippen LogP contribution in [0, 0.1) is 0 Å². The van der Waals surface area contributed by atoms with Crippen LogP contribution < -0.4 is 0 Å². The standard InChI is InChI=1S/C17H20N4O3/c1-20(17(16(23)24)10-6-3-7-11-17)15(22)14-12-21(19-18-14)13-8-4-2-5-9-13/h2,4-5,8-9,12H,3,6-7,10-11H2,1H3,(H,23,24). The Morgan fingerprint density at radius 3 is 2.46 bits per heavy atom. The number of carboxylic acid groups (broad SMARTS) is 1. The van der Waals surface area contributed by atoms with Crippen LogP contribution in [0.1, 0.15) is 42.6 Å². The number of para-hydroxylation sites is 1. The molecule has 1 N–H and O–H groups in total. The summed E-state index contributed by atoms with van der Waals surface area (Å²) < 4.78 is 1.51. The number of carbonyl (C=O) groups excluding carboxylic acids is 1. The molecule has 0 saturated heterocycles. The minimum atomic E-state index is -1.15. The minimum Gasteiger partial charge on any atom is -0.479 e. The van der Waals surface area contributed by atoms with Crippen molar-refractivity contribution in [1.82, 2.24) is 19.9 Å². The Kier molecular flexibility index (Phi) is 4.33. The summed E-state index contributed by atoms with van der Waals surface area (Å²) in [5.74, 6) is -1.37. The largest absolute Gasteiger partial charge is 0.479 e. The van der Waals surface area contributed by atoms with Crippen molar-refractivity contribution < 1.29 is 14.7 Å². The van der Waals surface area contributed by atoms with E-state index in [-0.39, 0.29) is 5.69 Å². The lowest BCUT2D eigenvalue weighted by Gasteiger charge is -2.40. The molecule has 0 spiro atoms. The fourth-order valence-electron chi connectivity index (χ4n) is 3.26. The summed E-state index contributed by atoms with van der Waals surface area (Å²) in [6.07, 6.45) is 5.09. The molecule has 126 valence electrons. The molecular weight excluding hydrogens is 308 g/mol. The first kappa shape index (κ1) is 16.2. The quantitative estimate of drug-likeness (QED) is 0.929. The zero-order valence-corrected chi connectivity index (χ0v) is 13.6. The first-order valence-corrected chi connectivity index (χ1v) is 8.04. The van der Waals surface area contributed by atoms with Crippen molar-refractivity contribution in [2.45, 2.75) is 37.6 Å². The topological polar surface area (TPSA) is 88.3 Å². The van der Waals surface area contributed by atoms with E-state index in [0.29, 0.717) is 12.8 Å². The minimum absolute atomic E-state index is 0.146. The fourth-order valence-corrected chi connectivity index (χ4v) is 3.26. The van der Waals surface area contributed by atoms with E-state index in [9.17, 15) is 14.7 Å². The molecule has 0 unspecified atom stereocenters. The maximum atomic E-state index is 12.7. The molecule has 1 aromatic carbocycles. The highest BCUT2D eigenvalue weighted by molar-refractivity contribution is 5.96. The lowest BCUT2D eigenvalue weighted by Crippen LogP contribution is -2.56. The number of hydrogen-bond donors (Lipinski definition) is 1. The van der Waals surface area contributed by atoms with Gasteiger partial charge in [-0.1, -0.05) is 42.7 Å². The van der Waals surface area contributed by atoms with Gasteiger partial charge in [0.1, 0.15) is 5.54 Å². The Balaban J connectivity index is 1.86. The lowest BCUT2D eigenvalue weighted by atomic mass is 9.80. The van der Waals surface area contributed by atoms with E-state index in [1.165, 1.54) is 15.8 Å². The molecule has 1 aromatic heterocycles. The summed E-state index contributed by atoms with van der Waals surface area (Å²) in [5.41, 5.74) is -0.212. The molecular formula is C17H20N4O3. The van der Waals surface area contributed by atoms with Gasteiger partial charge in [-0.2, -0.15) is 0 Å². The number of amides is 1. The second-order valence-corrected chi connectivity index (χ2v) is 6.15. The van der Waals surface area contributed by atoms with Crippen molar-refractivity contribution in [3.05, 3.63) is 42.2 Å². The summed E-state index contributed by atoms with van der Waals surface area (Å²) in [6, 6.07) is 9.33. The van der Waals surface area contributed by atoms with Crippen molar-refractivity contribution in [2.75, 3.05) is 7.05 Å². The molecule has 2 aromatic rings. The summed E-state index contributed by atoms with van der Waals surface area (Å²) in [7, 11) is 1.54. The lowest BCUT2D eigenvalue weighted by molar-refractivity contribution is -0.151. The number of benzene rings is 1. The van der Waals surface area contributed by atoms with Gasteiger partial charge in [0.05, 0.1) is 11.9 Å². The van der Waals surface area contributed by atoms with Crippen LogP contribution in [-0.4, -0.2) is 49.5 Å². The molecule has 0 atom stereocenters. The van der Waals surface area contributed by atoms with Gasteiger partial charge in [-0.3, -0.25) is 4.79 Å². The summed E-state index contributed by atoms with van der Waals surface area (Å²) in [4.78, 5) is 25.9. The maximum Gasteiger partial charge on any atom is 0.329 e. The van der Waals surface area contributed by atoms with Gasteiger partial charge < -0.3 is 10.0 Å². The summed E-state index contributed by atoms with van der Waals surface area (Å²) >= 11 is 0. The maximum absolute atomic E-state index is 12.7. The SMILES string of the molecule is CN(C(=O)c1cn(-c2ccccc2)nn1)C1(C(=O)O)CCCCC1. The zero-order chi connectivity index (χ0) is 17.2. The Hall–Kier alpha value is -2.70. The Labute approximate surface area is 139 Å². The molecule has 1 aliphatic rings. The highest BCUT2D eigenvalue weighted by atomic mass is 16.4. The van der Waals surface area contributed by atoms with Gasteiger partial charge in [0, 0.05) is 7.05 Å². The van der Waals surface area contributed by atoms with Crippen LogP contribution in [0.2, 0.25) is 0 Å². The average molecular weight is 328 g/mol. The molecule has 0 aliphatic heterocycles. The third-order valence-electron chi connectivity index (χ3n) is 4.76. The van der Waals surface area contributed by atoms with Crippen LogP contribution in [0.25, 0.3) is 5.69 Å². The molecule has 1 heterocycles. The smallest absolute Gasteiger partial charge is 0.329 e. The predicted molar refractivity (Wildman–Crippen MR) is 86.9 cm³/mol. The van der Waals surface area contributed by atoms with Crippen LogP contribution in [-0.2, 0) is 4.79 Å². The Bertz CT molecular complexity index is 735. The first-order valence-electron chi connectivity index (χ1n) is 8.04. The van der Waals surface area contributed by atoms with Gasteiger partial charge in [-0.25, -0.2) is 9.48 Å². The van der Waals surface area contributed by atoms with E-state index < -0.39 is 17.4 Å². The Morgan fingerprint density at radius 2 is 1.83 bits per heavy atom. The number of carbonyl (C=O) groups is 2. The molecule has 7 nitrogen and oxygen atoms in total. The van der Waals surface area contributed by atoms with Crippen molar-refractivity contribution in [3.8, 4) is 5.69 Å². The molecule has 1 aliphatic carbocycles. The van der Waals surface area contributed by atoms with Gasteiger partial charge in [0.25, 0.3) is 5.91 Å². The van der Waals surface area contributed by atoms with Gasteiger partial charge in [-0.05, 0) is 25.0 Å². The van der Waals surface area contributed by atoms with Gasteiger partial charge in [0.2, 0.25) is 0 Å². The normalized spacial score (nSPS) is 16.5. The van der Waals surface area contributed by atoms with Crippen molar-refractivity contribution >= 4 is 11.9 Å². The fraction of sp³-hybridized carbons (Fsp3) is 0.412. The highest BCUT2D eigenvalue weighted by Gasteiger charge is 2.46. The summed E-state index contributed by atoms with van der Waals surface area (Å²) in [5, 5.41) is 17.6. The number of rotatable bonds is 4. The van der Waals surface area contributed by atoms with E-state index in [2.05, 4.69) is 10.3 Å². The average Bonchev–Trinajstić information content (AvgIpc) is 3.12. The molecule has 1 saturated carbocycles. The molecule has 7 heteroatoms. The van der Waals surface area contributed by atoms with Crippen LogP contribution in [0.3, 0.4) is 0 Å². The van der Waals surface area contributed by atoms with Crippen LogP contribution in [0.4, 0.5) is 0 Å². The molecule has 1 fully saturated rings.